The molecular weight excluding hydrogens is 588 g/mol. The Bertz CT molecular complexity index is 1840. The first kappa shape index (κ1) is 32.6. The van der Waals surface area contributed by atoms with E-state index in [1.807, 2.05) is 20.8 Å². The zero-order chi connectivity index (χ0) is 33.1. The number of carbonyl (C=O) groups is 2. The van der Waals surface area contributed by atoms with Gasteiger partial charge >= 0.3 is 11.8 Å². The molecule has 11 nitrogen and oxygen atoms in total. The molecule has 13 heteroatoms. The molecule has 4 aromatic rings. The Hall–Kier alpha value is -5.33. The number of fused-ring (bicyclic) bond motifs is 1. The maximum atomic E-state index is 13.8. The monoisotopic (exact) mass is 621 g/mol. The summed E-state index contributed by atoms with van der Waals surface area (Å²) in [4.78, 5) is 54.1. The van der Waals surface area contributed by atoms with Gasteiger partial charge in [0.05, 0.1) is 5.69 Å². The van der Waals surface area contributed by atoms with Crippen molar-refractivity contribution in [3.05, 3.63) is 111 Å². The number of para-hydroxylation sites is 1. The van der Waals surface area contributed by atoms with Crippen LogP contribution in [0, 0.1) is 11.6 Å². The van der Waals surface area contributed by atoms with Crippen LogP contribution in [0.25, 0.3) is 5.69 Å². The van der Waals surface area contributed by atoms with Gasteiger partial charge < -0.3 is 15.2 Å². The number of nitrogens with two attached hydrogens (primary N) is 1. The predicted octanol–water partition coefficient (Wildman–Crippen LogP) is 5.13. The number of primary amides is 1. The largest absolute Gasteiger partial charge is 0.454 e. The van der Waals surface area contributed by atoms with Crippen molar-refractivity contribution in [1.29, 1.82) is 0 Å². The molecule has 45 heavy (non-hydrogen) atoms. The van der Waals surface area contributed by atoms with Gasteiger partial charge in [-0.1, -0.05) is 12.1 Å². The zero-order valence-corrected chi connectivity index (χ0v) is 25.4. The Balaban J connectivity index is 0.000000207. The van der Waals surface area contributed by atoms with Gasteiger partial charge in [0.15, 0.2) is 11.6 Å². The minimum Gasteiger partial charge on any atom is -0.454 e. The summed E-state index contributed by atoms with van der Waals surface area (Å²) in [7, 11) is 0. The van der Waals surface area contributed by atoms with Crippen LogP contribution in [-0.4, -0.2) is 38.3 Å². The number of pyridine rings is 1. The highest BCUT2D eigenvalue weighted by Crippen LogP contribution is 2.36. The fraction of sp³-hybridized carbons (Fsp3) is 0.281. The van der Waals surface area contributed by atoms with Crippen molar-refractivity contribution in [2.24, 2.45) is 5.73 Å². The van der Waals surface area contributed by atoms with Gasteiger partial charge in [0, 0.05) is 30.5 Å². The van der Waals surface area contributed by atoms with Gasteiger partial charge in [-0.25, -0.2) is 27.9 Å². The molecule has 3 heterocycles. The number of rotatable bonds is 5. The summed E-state index contributed by atoms with van der Waals surface area (Å²) in [5.41, 5.74) is 3.79. The molecule has 0 atom stereocenters. The fourth-order valence-electron chi connectivity index (χ4n) is 4.43. The number of halogens is 2. The molecule has 0 bridgehead atoms. The topological polar surface area (TPSA) is 139 Å². The molecule has 2 aromatic heterocycles. The molecule has 0 radical (unpaired) electrons. The van der Waals surface area contributed by atoms with E-state index < -0.39 is 40.5 Å². The third kappa shape index (κ3) is 7.43. The van der Waals surface area contributed by atoms with Gasteiger partial charge in [0.1, 0.15) is 28.5 Å². The fourth-order valence-corrected chi connectivity index (χ4v) is 4.43. The number of hydrogen-bond donors (Lipinski definition) is 1. The van der Waals surface area contributed by atoms with Gasteiger partial charge in [-0.3, -0.25) is 19.1 Å². The Morgan fingerprint density at radius 3 is 2.24 bits per heavy atom. The van der Waals surface area contributed by atoms with Crippen LogP contribution in [0.3, 0.4) is 0 Å². The number of carbonyl (C=O) groups excluding carboxylic acids is 2. The average molecular weight is 622 g/mol. The lowest BCUT2D eigenvalue weighted by atomic mass is 10.2. The third-order valence-corrected chi connectivity index (χ3v) is 6.52. The summed E-state index contributed by atoms with van der Waals surface area (Å²) in [6, 6.07) is 12.4. The lowest BCUT2D eigenvalue weighted by Gasteiger charge is -2.24. The molecule has 2 N–H and O–H groups in total. The molecule has 5 rings (SSSR count). The first-order chi connectivity index (χ1) is 21.2. The van der Waals surface area contributed by atoms with Gasteiger partial charge in [0.25, 0.3) is 11.5 Å². The number of anilines is 1. The SMILES string of the molecule is CC(C)(C)OC(=O)N1CCc2c(Oc3ccccc3F)ccnc21.CC(C)n1cc(C(N)=O)c(=O)n(-c2ccc(F)cc2)c1=O. The summed E-state index contributed by atoms with van der Waals surface area (Å²) in [6.45, 7) is 9.35. The predicted molar refractivity (Wildman–Crippen MR) is 163 cm³/mol. The highest BCUT2D eigenvalue weighted by molar-refractivity contribution is 5.92. The minimum absolute atomic E-state index is 0.140. The van der Waals surface area contributed by atoms with Crippen LogP contribution in [0.15, 0.2) is 76.6 Å². The van der Waals surface area contributed by atoms with Crippen molar-refractivity contribution < 1.29 is 27.8 Å². The second-order valence-corrected chi connectivity index (χ2v) is 11.3. The Morgan fingerprint density at radius 2 is 1.64 bits per heavy atom. The van der Waals surface area contributed by atoms with E-state index in [0.717, 1.165) is 28.5 Å². The van der Waals surface area contributed by atoms with E-state index in [0.29, 0.717) is 24.5 Å². The number of ether oxygens (including phenoxy) is 2. The van der Waals surface area contributed by atoms with Crippen LogP contribution in [0.2, 0.25) is 0 Å². The van der Waals surface area contributed by atoms with E-state index >= 15 is 0 Å². The quantitative estimate of drug-likeness (QED) is 0.326. The van der Waals surface area contributed by atoms with Crippen molar-refractivity contribution in [2.75, 3.05) is 11.4 Å². The highest BCUT2D eigenvalue weighted by atomic mass is 19.1. The maximum Gasteiger partial charge on any atom is 0.416 e. The zero-order valence-electron chi connectivity index (χ0n) is 25.4. The second kappa shape index (κ2) is 13.1. The molecule has 0 saturated heterocycles. The number of amides is 2. The van der Waals surface area contributed by atoms with E-state index in [2.05, 4.69) is 4.98 Å². The highest BCUT2D eigenvalue weighted by Gasteiger charge is 2.32. The Kier molecular flexibility index (Phi) is 9.50. The Labute approximate surface area is 257 Å². The molecule has 1 aliphatic heterocycles. The van der Waals surface area contributed by atoms with Gasteiger partial charge in [0.2, 0.25) is 0 Å². The molecule has 2 aromatic carbocycles. The van der Waals surface area contributed by atoms with Crippen LogP contribution >= 0.6 is 0 Å². The molecule has 0 fully saturated rings. The third-order valence-electron chi connectivity index (χ3n) is 6.52. The van der Waals surface area contributed by atoms with E-state index in [-0.39, 0.29) is 23.0 Å². The number of benzene rings is 2. The molecule has 1 aliphatic rings. The van der Waals surface area contributed by atoms with Crippen molar-refractivity contribution in [1.82, 2.24) is 14.1 Å². The summed E-state index contributed by atoms with van der Waals surface area (Å²) in [5, 5.41) is 0. The molecule has 0 unspecified atom stereocenters. The van der Waals surface area contributed by atoms with Crippen molar-refractivity contribution in [2.45, 2.75) is 52.7 Å². The first-order valence-corrected chi connectivity index (χ1v) is 14.0. The van der Waals surface area contributed by atoms with Crippen LogP contribution in [0.4, 0.5) is 19.4 Å². The molecule has 0 spiro atoms. The van der Waals surface area contributed by atoms with Crippen LogP contribution < -0.4 is 26.6 Å². The van der Waals surface area contributed by atoms with Crippen molar-refractivity contribution in [3.63, 3.8) is 0 Å². The van der Waals surface area contributed by atoms with Gasteiger partial charge in [-0.15, -0.1) is 0 Å². The smallest absolute Gasteiger partial charge is 0.416 e. The lowest BCUT2D eigenvalue weighted by molar-refractivity contribution is 0.0582. The van der Waals surface area contributed by atoms with Gasteiger partial charge in [-0.2, -0.15) is 0 Å². The van der Waals surface area contributed by atoms with E-state index in [9.17, 15) is 28.0 Å². The molecular formula is C32H33F2N5O6. The number of nitrogens with zero attached hydrogens (tertiary/aromatic N) is 4. The Morgan fingerprint density at radius 1 is 0.978 bits per heavy atom. The molecule has 0 aliphatic carbocycles. The van der Waals surface area contributed by atoms with Crippen LogP contribution in [-0.2, 0) is 11.2 Å². The summed E-state index contributed by atoms with van der Waals surface area (Å²) in [6.07, 6.45) is 2.82. The van der Waals surface area contributed by atoms with Crippen molar-refractivity contribution >= 4 is 17.8 Å². The van der Waals surface area contributed by atoms with E-state index in [4.69, 9.17) is 15.2 Å². The molecule has 0 saturated carbocycles. The normalized spacial score (nSPS) is 12.3. The first-order valence-electron chi connectivity index (χ1n) is 14.0. The minimum atomic E-state index is -0.926. The number of aromatic nitrogens is 3. The van der Waals surface area contributed by atoms with Crippen LogP contribution in [0.1, 0.15) is 56.6 Å². The summed E-state index contributed by atoms with van der Waals surface area (Å²) in [5.74, 6) is -0.728. The summed E-state index contributed by atoms with van der Waals surface area (Å²) < 4.78 is 39.9. The molecule has 236 valence electrons. The lowest BCUT2D eigenvalue weighted by Crippen LogP contribution is -2.42. The number of hydrogen-bond acceptors (Lipinski definition) is 7. The maximum absolute atomic E-state index is 13.8. The second-order valence-electron chi connectivity index (χ2n) is 11.3. The van der Waals surface area contributed by atoms with E-state index in [1.54, 1.807) is 38.1 Å². The van der Waals surface area contributed by atoms with Crippen LogP contribution in [0.5, 0.6) is 11.5 Å². The van der Waals surface area contributed by atoms with E-state index in [1.165, 1.54) is 33.9 Å². The average Bonchev–Trinajstić information content (AvgIpc) is 3.40. The van der Waals surface area contributed by atoms with Gasteiger partial charge in [-0.05, 0) is 83.5 Å². The van der Waals surface area contributed by atoms with Crippen molar-refractivity contribution in [3.8, 4) is 17.2 Å². The molecule has 2 amide bonds. The standard InChI is InChI=1S/C18H19FN2O3.C14H14FN3O3/c1-18(2,3)24-17(22)21-11-9-12-14(8-10-20-16(12)21)23-15-7-5-4-6-13(15)19;1-8(2)17-7-11(12(16)19)13(20)18(14(17)21)10-5-3-9(15)4-6-10/h4-8,10H,9,11H2,1-3H3;3-8H,1-2H3,(H2,16,19). The summed E-state index contributed by atoms with van der Waals surface area (Å²) >= 11 is 0.